The molecular formula is C23H20N2S. The molecule has 0 radical (unpaired) electrons. The van der Waals surface area contributed by atoms with Crippen molar-refractivity contribution in [3.05, 3.63) is 60.9 Å². The van der Waals surface area contributed by atoms with E-state index >= 15 is 0 Å². The summed E-state index contributed by atoms with van der Waals surface area (Å²) in [7, 11) is 0. The Hall–Kier alpha value is -2.26. The van der Waals surface area contributed by atoms with Crippen LogP contribution in [0.5, 0.6) is 0 Å². The fraction of sp³-hybridized carbons (Fsp3) is 0.261. The van der Waals surface area contributed by atoms with Crippen molar-refractivity contribution in [2.75, 3.05) is 0 Å². The highest BCUT2D eigenvalue weighted by atomic mass is 32.2. The van der Waals surface area contributed by atoms with Crippen LogP contribution in [0.15, 0.2) is 64.4 Å². The topological polar surface area (TPSA) is 8.81 Å². The number of hydrogen-bond donors (Lipinski definition) is 0. The summed E-state index contributed by atoms with van der Waals surface area (Å²) in [5.41, 5.74) is 3.93. The molecule has 0 unspecified atom stereocenters. The molecule has 1 aliphatic carbocycles. The van der Waals surface area contributed by atoms with Gasteiger partial charge in [-0.3, -0.25) is 0 Å². The van der Waals surface area contributed by atoms with Gasteiger partial charge in [0.25, 0.3) is 0 Å². The van der Waals surface area contributed by atoms with Crippen LogP contribution in [-0.2, 0) is 0 Å². The summed E-state index contributed by atoms with van der Waals surface area (Å²) in [6.45, 7) is 0. The van der Waals surface area contributed by atoms with Crippen molar-refractivity contribution in [3.63, 3.8) is 0 Å². The lowest BCUT2D eigenvalue weighted by Crippen LogP contribution is -2.33. The van der Waals surface area contributed by atoms with E-state index in [0.717, 1.165) is 0 Å². The van der Waals surface area contributed by atoms with Crippen molar-refractivity contribution >= 4 is 33.6 Å². The van der Waals surface area contributed by atoms with Crippen LogP contribution >= 0.6 is 11.8 Å². The fourth-order valence-corrected chi connectivity index (χ4v) is 5.86. The van der Waals surface area contributed by atoms with E-state index in [1.54, 1.807) is 0 Å². The first-order valence-corrected chi connectivity index (χ1v) is 10.4. The van der Waals surface area contributed by atoms with Crippen molar-refractivity contribution in [2.24, 2.45) is 0 Å². The Bertz CT molecular complexity index is 1150. The van der Waals surface area contributed by atoms with Gasteiger partial charge in [0.05, 0.1) is 22.8 Å². The zero-order valence-electron chi connectivity index (χ0n) is 14.6. The smallest absolute Gasteiger partial charge is 0.244 e. The van der Waals surface area contributed by atoms with Crippen molar-refractivity contribution in [3.8, 4) is 5.69 Å². The molecule has 4 aromatic rings. The zero-order valence-corrected chi connectivity index (χ0v) is 15.4. The predicted molar refractivity (Wildman–Crippen MR) is 106 cm³/mol. The number of aromatic nitrogens is 2. The molecule has 2 nitrogen and oxygen atoms in total. The summed E-state index contributed by atoms with van der Waals surface area (Å²) in [4.78, 5) is 2.70. The van der Waals surface area contributed by atoms with Gasteiger partial charge in [-0.25, -0.2) is 0 Å². The summed E-state index contributed by atoms with van der Waals surface area (Å²) in [5.74, 6) is 0. The summed E-state index contributed by atoms with van der Waals surface area (Å²) < 4.78 is 4.75. The average Bonchev–Trinajstić information content (AvgIpc) is 3.10. The maximum Gasteiger partial charge on any atom is 0.244 e. The van der Waals surface area contributed by atoms with Crippen LogP contribution in [0.3, 0.4) is 0 Å². The van der Waals surface area contributed by atoms with Crippen LogP contribution < -0.4 is 4.57 Å². The third kappa shape index (κ3) is 2.04. The van der Waals surface area contributed by atoms with Gasteiger partial charge < -0.3 is 9.13 Å². The molecule has 3 aromatic carbocycles. The van der Waals surface area contributed by atoms with Gasteiger partial charge in [-0.1, -0.05) is 61.0 Å². The molecule has 0 atom stereocenters. The second-order valence-electron chi connectivity index (χ2n) is 7.46. The average molecular weight is 356 g/mol. The number of nitrogens with zero attached hydrogens (tertiary/aromatic N) is 2. The SMILES string of the molecule is [c-]1n(C2CCCCC2)c2cccc3c2[n+]1-c1ccc2ccccc2c1S3. The van der Waals surface area contributed by atoms with Crippen LogP contribution in [0.4, 0.5) is 0 Å². The Balaban J connectivity index is 1.64. The molecule has 0 bridgehead atoms. The lowest BCUT2D eigenvalue weighted by atomic mass is 9.95. The molecule has 6 rings (SSSR count). The van der Waals surface area contributed by atoms with E-state index in [1.165, 1.54) is 69.4 Å². The highest BCUT2D eigenvalue weighted by Crippen LogP contribution is 2.43. The van der Waals surface area contributed by atoms with Crippen molar-refractivity contribution < 1.29 is 4.57 Å². The third-order valence-electron chi connectivity index (χ3n) is 5.92. The van der Waals surface area contributed by atoms with Crippen LogP contribution in [0.25, 0.3) is 27.5 Å². The summed E-state index contributed by atoms with van der Waals surface area (Å²) >= 11 is 1.91. The molecule has 1 saturated carbocycles. The maximum atomic E-state index is 3.74. The van der Waals surface area contributed by atoms with Crippen LogP contribution in [-0.4, -0.2) is 4.57 Å². The molecule has 1 aliphatic heterocycles. The molecule has 1 fully saturated rings. The summed E-state index contributed by atoms with van der Waals surface area (Å²) in [5, 5.41) is 2.64. The van der Waals surface area contributed by atoms with Crippen LogP contribution in [0.2, 0.25) is 0 Å². The molecule has 2 heterocycles. The number of rotatable bonds is 1. The Labute approximate surface area is 157 Å². The number of para-hydroxylation sites is 1. The fourth-order valence-electron chi connectivity index (χ4n) is 4.64. The van der Waals surface area contributed by atoms with E-state index in [4.69, 9.17) is 0 Å². The summed E-state index contributed by atoms with van der Waals surface area (Å²) in [6, 6.07) is 20.5. The monoisotopic (exact) mass is 356 g/mol. The first-order chi connectivity index (χ1) is 12.9. The number of imidazole rings is 1. The van der Waals surface area contributed by atoms with E-state index in [0.29, 0.717) is 6.04 Å². The van der Waals surface area contributed by atoms with Gasteiger partial charge in [-0.15, -0.1) is 11.8 Å². The second kappa shape index (κ2) is 5.62. The predicted octanol–water partition coefficient (Wildman–Crippen LogP) is 5.84. The lowest BCUT2D eigenvalue weighted by molar-refractivity contribution is -0.577. The molecule has 0 amide bonds. The molecule has 3 heteroatoms. The normalized spacial score (nSPS) is 16.9. The minimum Gasteiger partial charge on any atom is -0.317 e. The molecule has 2 aliphatic rings. The minimum atomic E-state index is 0.592. The van der Waals surface area contributed by atoms with Crippen molar-refractivity contribution in [1.29, 1.82) is 0 Å². The van der Waals surface area contributed by atoms with Crippen molar-refractivity contribution in [1.82, 2.24) is 4.57 Å². The van der Waals surface area contributed by atoms with E-state index < -0.39 is 0 Å². The van der Waals surface area contributed by atoms with Crippen molar-refractivity contribution in [2.45, 2.75) is 47.9 Å². The van der Waals surface area contributed by atoms with Gasteiger partial charge in [0, 0.05) is 9.79 Å². The van der Waals surface area contributed by atoms with E-state index in [9.17, 15) is 0 Å². The molecule has 0 spiro atoms. The Morgan fingerprint density at radius 3 is 2.73 bits per heavy atom. The van der Waals surface area contributed by atoms with Crippen LogP contribution in [0, 0.1) is 6.33 Å². The first-order valence-electron chi connectivity index (χ1n) is 9.58. The largest absolute Gasteiger partial charge is 0.317 e. The third-order valence-corrected chi connectivity index (χ3v) is 7.10. The van der Waals surface area contributed by atoms with E-state index in [1.807, 2.05) is 11.8 Å². The van der Waals surface area contributed by atoms with Gasteiger partial charge in [-0.05, 0) is 36.5 Å². The van der Waals surface area contributed by atoms with Gasteiger partial charge in [-0.2, -0.15) is 0 Å². The molecule has 1 aromatic heterocycles. The maximum absolute atomic E-state index is 3.74. The van der Waals surface area contributed by atoms with Gasteiger partial charge >= 0.3 is 0 Å². The Morgan fingerprint density at radius 1 is 0.923 bits per heavy atom. The zero-order chi connectivity index (χ0) is 17.1. The van der Waals surface area contributed by atoms with E-state index in [-0.39, 0.29) is 0 Å². The standard InChI is InChI=1S/C23H20N2S/c1-2-8-17(9-3-1)24-15-25-20-14-13-16-7-4-5-10-18(16)23(20)26-21-12-6-11-19(24)22(21)25/h4-7,10-14,17H,1-3,8-9H2. The molecule has 128 valence electrons. The molecule has 26 heavy (non-hydrogen) atoms. The summed E-state index contributed by atoms with van der Waals surface area (Å²) in [6.07, 6.45) is 10.4. The Kier molecular flexibility index (Phi) is 3.21. The first kappa shape index (κ1) is 14.9. The number of hydrogen-bond acceptors (Lipinski definition) is 1. The van der Waals surface area contributed by atoms with E-state index in [2.05, 4.69) is 70.1 Å². The van der Waals surface area contributed by atoms with Gasteiger partial charge in [0.1, 0.15) is 0 Å². The minimum absolute atomic E-state index is 0.592. The highest BCUT2D eigenvalue weighted by Gasteiger charge is 2.26. The van der Waals surface area contributed by atoms with Gasteiger partial charge in [0.2, 0.25) is 6.33 Å². The lowest BCUT2D eigenvalue weighted by Gasteiger charge is -2.21. The van der Waals surface area contributed by atoms with Crippen LogP contribution in [0.1, 0.15) is 38.1 Å². The molecule has 0 saturated heterocycles. The Morgan fingerprint density at radius 2 is 1.81 bits per heavy atom. The highest BCUT2D eigenvalue weighted by molar-refractivity contribution is 8.00. The second-order valence-corrected chi connectivity index (χ2v) is 8.51. The number of benzene rings is 3. The quantitative estimate of drug-likeness (QED) is 0.271. The molecule has 0 N–H and O–H groups in total. The number of fused-ring (bicyclic) bond motifs is 4. The van der Waals surface area contributed by atoms with Gasteiger partial charge in [0.15, 0.2) is 0 Å². The molecular weight excluding hydrogens is 336 g/mol.